The van der Waals surface area contributed by atoms with Crippen LogP contribution in [-0.4, -0.2) is 18.1 Å². The Labute approximate surface area is 104 Å². The lowest BCUT2D eigenvalue weighted by Gasteiger charge is -2.18. The first-order valence-electron chi connectivity index (χ1n) is 6.09. The van der Waals surface area contributed by atoms with Crippen LogP contribution in [0.4, 0.5) is 5.69 Å². The highest BCUT2D eigenvalue weighted by Crippen LogP contribution is 2.18. The lowest BCUT2D eigenvalue weighted by molar-refractivity contribution is -0.778. The van der Waals surface area contributed by atoms with Crippen LogP contribution in [0.3, 0.4) is 0 Å². The molecule has 17 heavy (non-hydrogen) atoms. The van der Waals surface area contributed by atoms with E-state index < -0.39 is 0 Å². The van der Waals surface area contributed by atoms with Gasteiger partial charge in [-0.05, 0) is 20.8 Å². The monoisotopic (exact) mass is 229 g/mol. The summed E-state index contributed by atoms with van der Waals surface area (Å²) in [5.41, 5.74) is 5.51. The molecule has 1 aliphatic heterocycles. The molecule has 0 amide bonds. The first-order chi connectivity index (χ1) is 8.11. The van der Waals surface area contributed by atoms with Crippen molar-refractivity contribution in [3.8, 4) is 0 Å². The van der Waals surface area contributed by atoms with Gasteiger partial charge in [-0.1, -0.05) is 23.8 Å². The van der Waals surface area contributed by atoms with E-state index in [-0.39, 0.29) is 0 Å². The zero-order valence-electron chi connectivity index (χ0n) is 11.0. The van der Waals surface area contributed by atoms with E-state index in [9.17, 15) is 0 Å². The SMILES string of the molecule is C=CCN1C=C[NH+](c2c(C)cc(C)cc2C)C1. The van der Waals surface area contributed by atoms with Gasteiger partial charge in [0.1, 0.15) is 11.9 Å². The fourth-order valence-electron chi connectivity index (χ4n) is 2.66. The minimum atomic E-state index is 0.921. The third kappa shape index (κ3) is 2.42. The lowest BCUT2D eigenvalue weighted by Crippen LogP contribution is -3.02. The zero-order chi connectivity index (χ0) is 12.4. The van der Waals surface area contributed by atoms with Crippen molar-refractivity contribution in [2.75, 3.05) is 13.2 Å². The summed E-state index contributed by atoms with van der Waals surface area (Å²) in [5.74, 6) is 0. The molecule has 0 saturated heterocycles. The van der Waals surface area contributed by atoms with E-state index in [4.69, 9.17) is 0 Å². The molecule has 1 atom stereocenters. The molecule has 1 aromatic rings. The summed E-state index contributed by atoms with van der Waals surface area (Å²) in [6.07, 6.45) is 6.34. The predicted octanol–water partition coefficient (Wildman–Crippen LogP) is 2.06. The van der Waals surface area contributed by atoms with Gasteiger partial charge in [0.15, 0.2) is 6.67 Å². The average Bonchev–Trinajstić information content (AvgIpc) is 2.65. The number of nitrogens with zero attached hydrogens (tertiary/aromatic N) is 1. The Bertz CT molecular complexity index is 437. The maximum atomic E-state index is 3.78. The van der Waals surface area contributed by atoms with Gasteiger partial charge in [-0.3, -0.25) is 4.90 Å². The quantitative estimate of drug-likeness (QED) is 0.780. The molecule has 2 rings (SSSR count). The standard InChI is InChI=1S/C15H20N2/c1-5-6-16-7-8-17(11-16)15-13(3)9-12(2)10-14(15)4/h5,7-10H,1,6,11H2,2-4H3/p+1. The molecular formula is C15H21N2+. The number of aryl methyl sites for hydroxylation is 3. The van der Waals surface area contributed by atoms with Crippen molar-refractivity contribution in [3.63, 3.8) is 0 Å². The van der Waals surface area contributed by atoms with Crippen LogP contribution in [-0.2, 0) is 0 Å². The molecule has 0 spiro atoms. The Hall–Kier alpha value is -1.54. The van der Waals surface area contributed by atoms with Crippen LogP contribution in [0.1, 0.15) is 16.7 Å². The van der Waals surface area contributed by atoms with Crippen molar-refractivity contribution in [1.29, 1.82) is 0 Å². The summed E-state index contributed by atoms with van der Waals surface area (Å²) in [6, 6.07) is 4.53. The first kappa shape index (κ1) is 11.9. The highest BCUT2D eigenvalue weighted by Gasteiger charge is 2.22. The van der Waals surface area contributed by atoms with Crippen LogP contribution in [0.25, 0.3) is 0 Å². The zero-order valence-corrected chi connectivity index (χ0v) is 11.0. The molecule has 0 saturated carbocycles. The molecule has 1 aromatic carbocycles. The molecular weight excluding hydrogens is 208 g/mol. The molecule has 1 N–H and O–H groups in total. The molecule has 90 valence electrons. The van der Waals surface area contributed by atoms with Crippen LogP contribution in [0.2, 0.25) is 0 Å². The summed E-state index contributed by atoms with van der Waals surface area (Å²) in [6.45, 7) is 12.3. The Morgan fingerprint density at radius 2 is 1.94 bits per heavy atom. The van der Waals surface area contributed by atoms with Crippen molar-refractivity contribution in [3.05, 3.63) is 53.9 Å². The second-order valence-corrected chi connectivity index (χ2v) is 4.83. The smallest absolute Gasteiger partial charge is 0.162 e. The van der Waals surface area contributed by atoms with Gasteiger partial charge < -0.3 is 4.90 Å². The largest absolute Gasteiger partial charge is 0.322 e. The van der Waals surface area contributed by atoms with Crippen molar-refractivity contribution >= 4 is 5.69 Å². The number of nitrogens with one attached hydrogen (secondary N) is 1. The number of quaternary nitrogens is 1. The van der Waals surface area contributed by atoms with Gasteiger partial charge in [0.05, 0.1) is 6.20 Å². The Balaban J connectivity index is 2.25. The van der Waals surface area contributed by atoms with Gasteiger partial charge in [-0.15, -0.1) is 6.58 Å². The van der Waals surface area contributed by atoms with Gasteiger partial charge in [0.25, 0.3) is 0 Å². The molecule has 1 aliphatic rings. The molecule has 0 radical (unpaired) electrons. The molecule has 0 bridgehead atoms. The van der Waals surface area contributed by atoms with Gasteiger partial charge in [-0.25, -0.2) is 0 Å². The normalized spacial score (nSPS) is 18.8. The molecule has 2 heteroatoms. The summed E-state index contributed by atoms with van der Waals surface area (Å²) in [4.78, 5) is 3.70. The van der Waals surface area contributed by atoms with Crippen molar-refractivity contribution in [2.24, 2.45) is 0 Å². The van der Waals surface area contributed by atoms with E-state index in [2.05, 4.69) is 56.8 Å². The molecule has 0 aliphatic carbocycles. The maximum absolute atomic E-state index is 3.78. The van der Waals surface area contributed by atoms with E-state index in [0.717, 1.165) is 13.2 Å². The van der Waals surface area contributed by atoms with Crippen LogP contribution < -0.4 is 4.90 Å². The van der Waals surface area contributed by atoms with Crippen molar-refractivity contribution in [2.45, 2.75) is 20.8 Å². The summed E-state index contributed by atoms with van der Waals surface area (Å²) >= 11 is 0. The third-order valence-corrected chi connectivity index (χ3v) is 3.22. The molecule has 2 nitrogen and oxygen atoms in total. The molecule has 1 heterocycles. The molecule has 0 aromatic heterocycles. The summed E-state index contributed by atoms with van der Waals surface area (Å²) in [5, 5.41) is 0. The molecule has 0 fully saturated rings. The Kier molecular flexibility index (Phi) is 3.34. The number of hydrogen-bond acceptors (Lipinski definition) is 1. The van der Waals surface area contributed by atoms with Gasteiger partial charge in [-0.2, -0.15) is 0 Å². The van der Waals surface area contributed by atoms with Crippen molar-refractivity contribution < 1.29 is 4.90 Å². The van der Waals surface area contributed by atoms with Gasteiger partial charge in [0.2, 0.25) is 0 Å². The van der Waals surface area contributed by atoms with Crippen LogP contribution in [0, 0.1) is 20.8 Å². The fraction of sp³-hybridized carbons (Fsp3) is 0.333. The van der Waals surface area contributed by atoms with Gasteiger partial charge >= 0.3 is 0 Å². The topological polar surface area (TPSA) is 7.68 Å². The Morgan fingerprint density at radius 1 is 1.29 bits per heavy atom. The van der Waals surface area contributed by atoms with Crippen LogP contribution in [0.5, 0.6) is 0 Å². The highest BCUT2D eigenvalue weighted by molar-refractivity contribution is 5.48. The van der Waals surface area contributed by atoms with Crippen molar-refractivity contribution in [1.82, 2.24) is 4.90 Å². The second-order valence-electron chi connectivity index (χ2n) is 4.83. The second kappa shape index (κ2) is 4.76. The van der Waals surface area contributed by atoms with E-state index in [0.29, 0.717) is 0 Å². The minimum Gasteiger partial charge on any atom is -0.322 e. The van der Waals surface area contributed by atoms with E-state index >= 15 is 0 Å². The lowest BCUT2D eigenvalue weighted by atomic mass is 10.0. The van der Waals surface area contributed by atoms with Gasteiger partial charge in [0, 0.05) is 17.7 Å². The Morgan fingerprint density at radius 3 is 2.53 bits per heavy atom. The number of rotatable bonds is 3. The van der Waals surface area contributed by atoms with E-state index in [1.807, 2.05) is 6.08 Å². The first-order valence-corrected chi connectivity index (χ1v) is 6.09. The number of benzene rings is 1. The van der Waals surface area contributed by atoms with E-state index in [1.165, 1.54) is 27.3 Å². The van der Waals surface area contributed by atoms with Crippen LogP contribution in [0.15, 0.2) is 37.2 Å². The maximum Gasteiger partial charge on any atom is 0.162 e. The summed E-state index contributed by atoms with van der Waals surface area (Å²) < 4.78 is 0. The van der Waals surface area contributed by atoms with Crippen LogP contribution >= 0.6 is 0 Å². The fourth-order valence-corrected chi connectivity index (χ4v) is 2.66. The van der Waals surface area contributed by atoms with E-state index in [1.54, 1.807) is 0 Å². The molecule has 1 unspecified atom stereocenters. The average molecular weight is 229 g/mol. The number of hydrogen-bond donors (Lipinski definition) is 1. The highest BCUT2D eigenvalue weighted by atomic mass is 15.3. The third-order valence-electron chi connectivity index (χ3n) is 3.22. The predicted molar refractivity (Wildman–Crippen MR) is 72.2 cm³/mol. The minimum absolute atomic E-state index is 0.921. The summed E-state index contributed by atoms with van der Waals surface area (Å²) in [7, 11) is 0.